The Bertz CT molecular complexity index is 1210. The summed E-state index contributed by atoms with van der Waals surface area (Å²) in [5, 5.41) is 25.0. The second-order valence-electron chi connectivity index (χ2n) is 11.5. The molecule has 1 aliphatic heterocycles. The molecule has 0 unspecified atom stereocenters. The molecule has 2 aromatic rings. The van der Waals surface area contributed by atoms with Crippen LogP contribution in [0.5, 0.6) is 5.75 Å². The zero-order valence-electron chi connectivity index (χ0n) is 24.1. The van der Waals surface area contributed by atoms with Crippen molar-refractivity contribution in [3.63, 3.8) is 0 Å². The number of fused-ring (bicyclic) bond motifs is 1. The van der Waals surface area contributed by atoms with E-state index in [0.29, 0.717) is 36.6 Å². The normalized spacial score (nSPS) is 20.4. The maximum absolute atomic E-state index is 13.7. The van der Waals surface area contributed by atoms with Crippen molar-refractivity contribution in [3.05, 3.63) is 59.2 Å². The van der Waals surface area contributed by atoms with E-state index in [0.717, 1.165) is 31.2 Å². The summed E-state index contributed by atoms with van der Waals surface area (Å²) in [6, 6.07) is 11.4. The highest BCUT2D eigenvalue weighted by Gasteiger charge is 2.33. The van der Waals surface area contributed by atoms with Gasteiger partial charge in [-0.15, -0.1) is 0 Å². The van der Waals surface area contributed by atoms with Gasteiger partial charge in [0.25, 0.3) is 5.91 Å². The summed E-state index contributed by atoms with van der Waals surface area (Å²) in [5.74, 6) is -0.828. The number of aromatic carboxylic acids is 1. The van der Waals surface area contributed by atoms with Gasteiger partial charge < -0.3 is 30.5 Å². The SMILES string of the molecule is C[C@@H]1CN([C@H](C)CO)C(=O)c2cc(NC(=O)NC3CCCCC3)ccc2O[C@@H]1CN(C)Cc1ccc(C(=O)O)cc1. The number of nitrogens with zero attached hydrogens (tertiary/aromatic N) is 2. The second-order valence-corrected chi connectivity index (χ2v) is 11.5. The highest BCUT2D eigenvalue weighted by atomic mass is 16.5. The van der Waals surface area contributed by atoms with Crippen LogP contribution in [0.1, 0.15) is 72.2 Å². The minimum Gasteiger partial charge on any atom is -0.488 e. The number of carboxylic acid groups (broad SMARTS) is 1. The quantitative estimate of drug-likeness (QED) is 0.358. The summed E-state index contributed by atoms with van der Waals surface area (Å²) in [7, 11) is 1.97. The molecular weight excluding hydrogens is 524 g/mol. The first-order valence-corrected chi connectivity index (χ1v) is 14.5. The third-order valence-electron chi connectivity index (χ3n) is 8.01. The molecule has 1 fully saturated rings. The Balaban J connectivity index is 1.51. The number of rotatable bonds is 9. The molecule has 4 N–H and O–H groups in total. The van der Waals surface area contributed by atoms with Crippen molar-refractivity contribution in [3.8, 4) is 5.75 Å². The number of anilines is 1. The van der Waals surface area contributed by atoms with Crippen molar-refractivity contribution in [2.45, 2.75) is 70.7 Å². The smallest absolute Gasteiger partial charge is 0.335 e. The van der Waals surface area contributed by atoms with Gasteiger partial charge in [0, 0.05) is 37.3 Å². The van der Waals surface area contributed by atoms with Crippen LogP contribution in [-0.2, 0) is 6.54 Å². The first-order valence-electron chi connectivity index (χ1n) is 14.5. The maximum atomic E-state index is 13.7. The van der Waals surface area contributed by atoms with Crippen LogP contribution in [-0.4, -0.2) is 82.9 Å². The first-order chi connectivity index (χ1) is 19.6. The fourth-order valence-electron chi connectivity index (χ4n) is 5.55. The Morgan fingerprint density at radius 3 is 2.49 bits per heavy atom. The fraction of sp³-hybridized carbons (Fsp3) is 0.516. The lowest BCUT2D eigenvalue weighted by Gasteiger charge is -2.38. The third-order valence-corrected chi connectivity index (χ3v) is 8.01. The number of carbonyl (C=O) groups excluding carboxylic acids is 2. The summed E-state index contributed by atoms with van der Waals surface area (Å²) < 4.78 is 6.46. The summed E-state index contributed by atoms with van der Waals surface area (Å²) in [6.45, 7) is 5.21. The summed E-state index contributed by atoms with van der Waals surface area (Å²) in [5.41, 5.74) is 2.06. The molecule has 222 valence electrons. The van der Waals surface area contributed by atoms with Crippen LogP contribution < -0.4 is 15.4 Å². The Labute approximate surface area is 241 Å². The van der Waals surface area contributed by atoms with Gasteiger partial charge in [-0.25, -0.2) is 9.59 Å². The van der Waals surface area contributed by atoms with Crippen LogP contribution in [0.25, 0.3) is 0 Å². The van der Waals surface area contributed by atoms with E-state index < -0.39 is 12.0 Å². The highest BCUT2D eigenvalue weighted by molar-refractivity contribution is 5.99. The molecule has 41 heavy (non-hydrogen) atoms. The van der Waals surface area contributed by atoms with E-state index in [9.17, 15) is 19.5 Å². The molecular formula is C31H42N4O6. The van der Waals surface area contributed by atoms with Crippen molar-refractivity contribution in [1.29, 1.82) is 0 Å². The average molecular weight is 567 g/mol. The number of nitrogens with one attached hydrogen (secondary N) is 2. The van der Waals surface area contributed by atoms with Crippen LogP contribution in [0.3, 0.4) is 0 Å². The zero-order chi connectivity index (χ0) is 29.5. The van der Waals surface area contributed by atoms with Gasteiger partial charge in [0.05, 0.1) is 23.8 Å². The van der Waals surface area contributed by atoms with Gasteiger partial charge >= 0.3 is 12.0 Å². The van der Waals surface area contributed by atoms with Gasteiger partial charge in [0.2, 0.25) is 0 Å². The lowest BCUT2D eigenvalue weighted by molar-refractivity contribution is 0.0341. The number of benzene rings is 2. The number of aliphatic hydroxyl groups is 1. The minimum atomic E-state index is -0.959. The van der Waals surface area contributed by atoms with Crippen LogP contribution in [0, 0.1) is 5.92 Å². The lowest BCUT2D eigenvalue weighted by Crippen LogP contribution is -2.49. The highest BCUT2D eigenvalue weighted by Crippen LogP contribution is 2.31. The molecule has 0 saturated heterocycles. The molecule has 3 amide bonds. The third kappa shape index (κ3) is 7.98. The van der Waals surface area contributed by atoms with Crippen LogP contribution in [0.2, 0.25) is 0 Å². The molecule has 3 atom stereocenters. The number of carbonyl (C=O) groups is 3. The number of hydrogen-bond donors (Lipinski definition) is 4. The van der Waals surface area contributed by atoms with Gasteiger partial charge in [-0.2, -0.15) is 0 Å². The fourth-order valence-corrected chi connectivity index (χ4v) is 5.55. The predicted molar refractivity (Wildman–Crippen MR) is 156 cm³/mol. The number of hydrogen-bond acceptors (Lipinski definition) is 6. The van der Waals surface area contributed by atoms with Crippen LogP contribution in [0.15, 0.2) is 42.5 Å². The van der Waals surface area contributed by atoms with Gasteiger partial charge in [-0.1, -0.05) is 38.3 Å². The second kappa shape index (κ2) is 13.8. The van der Waals surface area contributed by atoms with Crippen LogP contribution >= 0.6 is 0 Å². The molecule has 2 aromatic carbocycles. The molecule has 10 nitrogen and oxygen atoms in total. The predicted octanol–water partition coefficient (Wildman–Crippen LogP) is 4.19. The topological polar surface area (TPSA) is 131 Å². The minimum absolute atomic E-state index is 0.0444. The van der Waals surface area contributed by atoms with E-state index in [2.05, 4.69) is 15.5 Å². The number of aliphatic hydroxyl groups excluding tert-OH is 1. The summed E-state index contributed by atoms with van der Waals surface area (Å²) in [4.78, 5) is 41.3. The molecule has 0 bridgehead atoms. The lowest BCUT2D eigenvalue weighted by atomic mass is 9.96. The molecule has 0 spiro atoms. The van der Waals surface area contributed by atoms with E-state index in [1.807, 2.05) is 20.9 Å². The molecule has 4 rings (SSSR count). The number of likely N-dealkylation sites (N-methyl/N-ethyl adjacent to an activating group) is 1. The summed E-state index contributed by atoms with van der Waals surface area (Å²) >= 11 is 0. The van der Waals surface area contributed by atoms with Gasteiger partial charge in [-0.05, 0) is 62.7 Å². The molecule has 1 aliphatic carbocycles. The molecule has 0 radical (unpaired) electrons. The number of carboxylic acids is 1. The van der Waals surface area contributed by atoms with Crippen molar-refractivity contribution in [2.75, 3.05) is 32.1 Å². The Morgan fingerprint density at radius 1 is 1.12 bits per heavy atom. The van der Waals surface area contributed by atoms with Crippen LogP contribution in [0.4, 0.5) is 10.5 Å². The molecule has 1 heterocycles. The molecule has 0 aromatic heterocycles. The Hall–Kier alpha value is -3.63. The van der Waals surface area contributed by atoms with Crippen molar-refractivity contribution in [1.82, 2.24) is 15.1 Å². The monoisotopic (exact) mass is 566 g/mol. The van der Waals surface area contributed by atoms with E-state index >= 15 is 0 Å². The van der Waals surface area contributed by atoms with E-state index in [1.54, 1.807) is 47.4 Å². The van der Waals surface area contributed by atoms with Gasteiger partial charge in [0.1, 0.15) is 11.9 Å². The first kappa shape index (κ1) is 30.3. The van der Waals surface area contributed by atoms with Crippen molar-refractivity contribution in [2.24, 2.45) is 5.92 Å². The van der Waals surface area contributed by atoms with E-state index in [-0.39, 0.29) is 42.2 Å². The number of amides is 3. The maximum Gasteiger partial charge on any atom is 0.335 e. The van der Waals surface area contributed by atoms with Gasteiger partial charge in [-0.3, -0.25) is 9.69 Å². The van der Waals surface area contributed by atoms with Crippen molar-refractivity contribution >= 4 is 23.6 Å². The Morgan fingerprint density at radius 2 is 1.83 bits per heavy atom. The van der Waals surface area contributed by atoms with E-state index in [4.69, 9.17) is 9.84 Å². The number of ether oxygens (including phenoxy) is 1. The average Bonchev–Trinajstić information content (AvgIpc) is 2.95. The molecule has 2 aliphatic rings. The molecule has 1 saturated carbocycles. The molecule has 10 heteroatoms. The standard InChI is InChI=1S/C31H42N4O6/c1-20-16-35(21(2)19-36)29(37)26-15-25(33-31(40)32-24-7-5-4-6-8-24)13-14-27(26)41-28(20)18-34(3)17-22-9-11-23(12-10-22)30(38)39/h9-15,20-21,24,28,36H,4-8,16-19H2,1-3H3,(H,38,39)(H2,32,33,40)/t20-,21-,28-/m1/s1. The van der Waals surface area contributed by atoms with Crippen molar-refractivity contribution < 1.29 is 29.3 Å². The summed E-state index contributed by atoms with van der Waals surface area (Å²) in [6.07, 6.45) is 5.09. The number of urea groups is 1. The Kier molecular flexibility index (Phi) is 10.2. The zero-order valence-corrected chi connectivity index (χ0v) is 24.1. The van der Waals surface area contributed by atoms with Gasteiger partial charge in [0.15, 0.2) is 0 Å². The van der Waals surface area contributed by atoms with E-state index in [1.165, 1.54) is 6.42 Å². The largest absolute Gasteiger partial charge is 0.488 e.